The fraction of sp³-hybridized carbons (Fsp3) is 0.267. The van der Waals surface area contributed by atoms with Crippen molar-refractivity contribution in [3.63, 3.8) is 0 Å². The Bertz CT molecular complexity index is 700. The van der Waals surface area contributed by atoms with Crippen molar-refractivity contribution in [3.05, 3.63) is 42.0 Å². The maximum Gasteiger partial charge on any atom is 0.310 e. The summed E-state index contributed by atoms with van der Waals surface area (Å²) in [5.74, 6) is -1.27. The highest BCUT2D eigenvalue weighted by Crippen LogP contribution is 2.26. The van der Waals surface area contributed by atoms with E-state index in [9.17, 15) is 9.18 Å². The lowest BCUT2D eigenvalue weighted by Crippen LogP contribution is -2.51. The van der Waals surface area contributed by atoms with Crippen molar-refractivity contribution in [2.24, 2.45) is 5.92 Å². The second-order valence-electron chi connectivity index (χ2n) is 5.15. The molecule has 0 spiro atoms. The van der Waals surface area contributed by atoms with E-state index in [0.717, 1.165) is 0 Å². The van der Waals surface area contributed by atoms with Gasteiger partial charge in [-0.3, -0.25) is 4.79 Å². The van der Waals surface area contributed by atoms with Crippen LogP contribution in [0.2, 0.25) is 0 Å². The topological polar surface area (TPSA) is 86.5 Å². The lowest BCUT2D eigenvalue weighted by Gasteiger charge is -2.36. The number of carboxylic acid groups (broad SMARTS) is 1. The fourth-order valence-corrected chi connectivity index (χ4v) is 2.35. The zero-order chi connectivity index (χ0) is 15.7. The smallest absolute Gasteiger partial charge is 0.310 e. The van der Waals surface area contributed by atoms with Crippen LogP contribution in [0.3, 0.4) is 0 Å². The molecule has 1 aliphatic heterocycles. The molecule has 114 valence electrons. The molecular formula is C15H14FN3O3. The summed E-state index contributed by atoms with van der Waals surface area (Å²) in [6.07, 6.45) is 2.99. The molecule has 0 atom stereocenters. The highest BCUT2D eigenvalue weighted by molar-refractivity contribution is 5.74. The number of hydrogen-bond acceptors (Lipinski definition) is 5. The molecule has 2 heterocycles. The van der Waals surface area contributed by atoms with Crippen molar-refractivity contribution < 1.29 is 19.4 Å². The monoisotopic (exact) mass is 303 g/mol. The van der Waals surface area contributed by atoms with Crippen LogP contribution in [0.4, 0.5) is 10.3 Å². The van der Waals surface area contributed by atoms with Gasteiger partial charge >= 0.3 is 5.97 Å². The molecule has 3 rings (SSSR count). The summed E-state index contributed by atoms with van der Waals surface area (Å²) in [5.41, 5.74) is 1.05. The second kappa shape index (κ2) is 5.69. The molecule has 1 aromatic heterocycles. The van der Waals surface area contributed by atoms with Crippen LogP contribution in [-0.2, 0) is 11.4 Å². The standard InChI is InChI=1S/C15H14FN3O3/c16-13-9(8-20)2-1-3-12(13)10-4-17-15(18-5-10)19-6-11(7-19)14(21)22/h1-5,11,20H,6-8H2,(H,21,22). The van der Waals surface area contributed by atoms with E-state index >= 15 is 0 Å². The molecule has 0 bridgehead atoms. The van der Waals surface area contributed by atoms with Gasteiger partial charge < -0.3 is 15.1 Å². The van der Waals surface area contributed by atoms with Crippen molar-refractivity contribution in [1.29, 1.82) is 0 Å². The Morgan fingerprint density at radius 3 is 2.59 bits per heavy atom. The van der Waals surface area contributed by atoms with Crippen molar-refractivity contribution >= 4 is 11.9 Å². The molecule has 6 nitrogen and oxygen atoms in total. The molecular weight excluding hydrogens is 289 g/mol. The molecule has 1 aliphatic rings. The van der Waals surface area contributed by atoms with Crippen LogP contribution in [0.15, 0.2) is 30.6 Å². The Morgan fingerprint density at radius 1 is 1.32 bits per heavy atom. The third-order valence-corrected chi connectivity index (χ3v) is 3.71. The van der Waals surface area contributed by atoms with Crippen LogP contribution in [0.25, 0.3) is 11.1 Å². The minimum absolute atomic E-state index is 0.216. The van der Waals surface area contributed by atoms with Gasteiger partial charge in [0.1, 0.15) is 5.82 Å². The third-order valence-electron chi connectivity index (χ3n) is 3.71. The van der Waals surface area contributed by atoms with E-state index in [1.807, 2.05) is 0 Å². The van der Waals surface area contributed by atoms with Crippen LogP contribution in [-0.4, -0.2) is 39.2 Å². The van der Waals surface area contributed by atoms with Crippen molar-refractivity contribution in [1.82, 2.24) is 9.97 Å². The van der Waals surface area contributed by atoms with Gasteiger partial charge in [0, 0.05) is 42.2 Å². The molecule has 1 fully saturated rings. The normalized spacial score (nSPS) is 14.7. The zero-order valence-electron chi connectivity index (χ0n) is 11.6. The summed E-state index contributed by atoms with van der Waals surface area (Å²) in [4.78, 5) is 20.8. The summed E-state index contributed by atoms with van der Waals surface area (Å²) in [6.45, 7) is 0.384. The maximum absolute atomic E-state index is 14.1. The average Bonchev–Trinajstić information content (AvgIpc) is 2.46. The first-order valence-corrected chi connectivity index (χ1v) is 6.78. The summed E-state index contributed by atoms with van der Waals surface area (Å²) in [7, 11) is 0. The largest absolute Gasteiger partial charge is 0.481 e. The number of anilines is 1. The Balaban J connectivity index is 1.79. The van der Waals surface area contributed by atoms with Gasteiger partial charge in [0.2, 0.25) is 5.95 Å². The number of nitrogens with zero attached hydrogens (tertiary/aromatic N) is 3. The SMILES string of the molecule is O=C(O)C1CN(c2ncc(-c3cccc(CO)c3F)cn2)C1. The van der Waals surface area contributed by atoms with E-state index in [2.05, 4.69) is 9.97 Å². The Morgan fingerprint density at radius 2 is 2.00 bits per heavy atom. The van der Waals surface area contributed by atoms with Crippen LogP contribution in [0.1, 0.15) is 5.56 Å². The van der Waals surface area contributed by atoms with Gasteiger partial charge in [0.05, 0.1) is 12.5 Å². The lowest BCUT2D eigenvalue weighted by molar-refractivity contribution is -0.142. The van der Waals surface area contributed by atoms with Crippen LogP contribution in [0.5, 0.6) is 0 Å². The summed E-state index contributed by atoms with van der Waals surface area (Å²) in [5, 5.41) is 17.9. The van der Waals surface area contributed by atoms with Gasteiger partial charge in [0.15, 0.2) is 0 Å². The van der Waals surface area contributed by atoms with Gasteiger partial charge in [-0.25, -0.2) is 14.4 Å². The number of hydrogen-bond donors (Lipinski definition) is 2. The van der Waals surface area contributed by atoms with Crippen molar-refractivity contribution in [2.75, 3.05) is 18.0 Å². The van der Waals surface area contributed by atoms with Crippen LogP contribution in [0, 0.1) is 11.7 Å². The molecule has 7 heteroatoms. The maximum atomic E-state index is 14.1. The molecule has 2 aromatic rings. The van der Waals surface area contributed by atoms with Crippen molar-refractivity contribution in [3.8, 4) is 11.1 Å². The number of carboxylic acids is 1. The number of rotatable bonds is 4. The van der Waals surface area contributed by atoms with Gasteiger partial charge in [0.25, 0.3) is 0 Å². The molecule has 0 aliphatic carbocycles. The number of aliphatic hydroxyl groups is 1. The Labute approximate surface area is 125 Å². The average molecular weight is 303 g/mol. The molecule has 22 heavy (non-hydrogen) atoms. The highest BCUT2D eigenvalue weighted by atomic mass is 19.1. The second-order valence-corrected chi connectivity index (χ2v) is 5.15. The van der Waals surface area contributed by atoms with Gasteiger partial charge in [-0.1, -0.05) is 18.2 Å². The lowest BCUT2D eigenvalue weighted by atomic mass is 10.0. The number of aromatic nitrogens is 2. The van der Waals surface area contributed by atoms with Gasteiger partial charge in [-0.15, -0.1) is 0 Å². The summed E-state index contributed by atoms with van der Waals surface area (Å²) < 4.78 is 14.1. The summed E-state index contributed by atoms with van der Waals surface area (Å²) in [6, 6.07) is 4.77. The molecule has 0 unspecified atom stereocenters. The zero-order valence-corrected chi connectivity index (χ0v) is 11.6. The van der Waals surface area contributed by atoms with Gasteiger partial charge in [-0.2, -0.15) is 0 Å². The predicted octanol–water partition coefficient (Wildman–Crippen LogP) is 1.30. The number of aliphatic carboxylic acids is 1. The van der Waals surface area contributed by atoms with Gasteiger partial charge in [-0.05, 0) is 0 Å². The number of halogens is 1. The third kappa shape index (κ3) is 2.50. The number of carbonyl (C=O) groups is 1. The molecule has 0 amide bonds. The molecule has 0 radical (unpaired) electrons. The first-order valence-electron chi connectivity index (χ1n) is 6.78. The molecule has 1 aromatic carbocycles. The summed E-state index contributed by atoms with van der Waals surface area (Å²) >= 11 is 0. The van der Waals surface area contributed by atoms with E-state index in [1.54, 1.807) is 17.0 Å². The quantitative estimate of drug-likeness (QED) is 0.885. The van der Waals surface area contributed by atoms with Crippen molar-refractivity contribution in [2.45, 2.75) is 6.61 Å². The fourth-order valence-electron chi connectivity index (χ4n) is 2.35. The van der Waals surface area contributed by atoms with E-state index < -0.39 is 11.8 Å². The van der Waals surface area contributed by atoms with Crippen LogP contribution < -0.4 is 4.90 Å². The highest BCUT2D eigenvalue weighted by Gasteiger charge is 2.33. The number of benzene rings is 1. The van der Waals surface area contributed by atoms with E-state index in [-0.39, 0.29) is 18.1 Å². The molecule has 1 saturated heterocycles. The predicted molar refractivity (Wildman–Crippen MR) is 76.7 cm³/mol. The number of aliphatic hydroxyl groups excluding tert-OH is 1. The molecule has 2 N–H and O–H groups in total. The van der Waals surface area contributed by atoms with E-state index in [1.165, 1.54) is 18.5 Å². The minimum Gasteiger partial charge on any atom is -0.481 e. The van der Waals surface area contributed by atoms with E-state index in [0.29, 0.717) is 30.2 Å². The first kappa shape index (κ1) is 14.4. The Hall–Kier alpha value is -2.54. The van der Waals surface area contributed by atoms with E-state index in [4.69, 9.17) is 10.2 Å². The van der Waals surface area contributed by atoms with Crippen LogP contribution >= 0.6 is 0 Å². The minimum atomic E-state index is -0.823. The molecule has 0 saturated carbocycles. The Kier molecular flexibility index (Phi) is 3.72. The first-order chi connectivity index (χ1) is 10.6.